The lowest BCUT2D eigenvalue weighted by atomic mass is 10.2. The van der Waals surface area contributed by atoms with Crippen molar-refractivity contribution >= 4 is 5.82 Å². The lowest BCUT2D eigenvalue weighted by Gasteiger charge is -2.02. The number of hydrogen-bond donors (Lipinski definition) is 1. The van der Waals surface area contributed by atoms with Gasteiger partial charge in [-0.3, -0.25) is 0 Å². The van der Waals surface area contributed by atoms with Crippen LogP contribution in [0.1, 0.15) is 11.3 Å². The van der Waals surface area contributed by atoms with Crippen LogP contribution in [0.25, 0.3) is 0 Å². The lowest BCUT2D eigenvalue weighted by molar-refractivity contribution is 0.622. The molecule has 2 rings (SSSR count). The van der Waals surface area contributed by atoms with Gasteiger partial charge in [0, 0.05) is 0 Å². The fraction of sp³-hybridized carbons (Fsp3) is 0.100. The zero-order chi connectivity index (χ0) is 11.5. The van der Waals surface area contributed by atoms with E-state index in [1.165, 1.54) is 16.8 Å². The molecule has 0 radical (unpaired) electrons. The molecule has 0 aliphatic carbocycles. The van der Waals surface area contributed by atoms with Gasteiger partial charge >= 0.3 is 0 Å². The number of nitriles is 1. The third-order valence-corrected chi connectivity index (χ3v) is 2.12. The van der Waals surface area contributed by atoms with Crippen molar-refractivity contribution in [3.8, 4) is 6.07 Å². The van der Waals surface area contributed by atoms with Gasteiger partial charge in [-0.15, -0.1) is 5.10 Å². The summed E-state index contributed by atoms with van der Waals surface area (Å²) in [7, 11) is 0. The summed E-state index contributed by atoms with van der Waals surface area (Å²) in [5, 5.41) is 16.0. The van der Waals surface area contributed by atoms with Gasteiger partial charge in [-0.2, -0.15) is 5.26 Å². The maximum absolute atomic E-state index is 12.7. The first-order valence-electron chi connectivity index (χ1n) is 4.54. The normalized spacial score (nSPS) is 10.0. The average Bonchev–Trinajstić information content (AvgIpc) is 2.63. The van der Waals surface area contributed by atoms with Gasteiger partial charge in [0.2, 0.25) is 5.69 Å². The first-order chi connectivity index (χ1) is 7.70. The van der Waals surface area contributed by atoms with Crippen molar-refractivity contribution in [3.63, 3.8) is 0 Å². The van der Waals surface area contributed by atoms with Crippen LogP contribution in [0, 0.1) is 17.1 Å². The molecule has 2 N–H and O–H groups in total. The number of nitrogens with two attached hydrogens (primary N) is 1. The zero-order valence-electron chi connectivity index (χ0n) is 8.26. The number of rotatable bonds is 2. The van der Waals surface area contributed by atoms with Gasteiger partial charge in [-0.05, 0) is 17.7 Å². The van der Waals surface area contributed by atoms with Crippen molar-refractivity contribution in [2.45, 2.75) is 6.54 Å². The number of nitrogen functional groups attached to an aromatic ring is 1. The highest BCUT2D eigenvalue weighted by Gasteiger charge is 2.08. The molecule has 0 fully saturated rings. The minimum atomic E-state index is -0.298. The second-order valence-corrected chi connectivity index (χ2v) is 3.22. The van der Waals surface area contributed by atoms with Crippen LogP contribution >= 0.6 is 0 Å². The van der Waals surface area contributed by atoms with Crippen LogP contribution in [0.4, 0.5) is 10.2 Å². The van der Waals surface area contributed by atoms with Crippen molar-refractivity contribution in [3.05, 3.63) is 41.3 Å². The SMILES string of the molecule is N#Cc1nnn(Cc2ccc(F)cc2)c1N. The molecular weight excluding hydrogens is 209 g/mol. The van der Waals surface area contributed by atoms with E-state index in [0.29, 0.717) is 6.54 Å². The van der Waals surface area contributed by atoms with Crippen LogP contribution < -0.4 is 5.73 Å². The molecule has 5 nitrogen and oxygen atoms in total. The van der Waals surface area contributed by atoms with Crippen molar-refractivity contribution in [1.29, 1.82) is 5.26 Å². The molecule has 0 aliphatic rings. The number of benzene rings is 1. The van der Waals surface area contributed by atoms with Crippen LogP contribution in [-0.4, -0.2) is 15.0 Å². The highest BCUT2D eigenvalue weighted by Crippen LogP contribution is 2.10. The van der Waals surface area contributed by atoms with Gasteiger partial charge in [0.1, 0.15) is 11.9 Å². The van der Waals surface area contributed by atoms with Gasteiger partial charge in [-0.1, -0.05) is 17.3 Å². The van der Waals surface area contributed by atoms with Crippen LogP contribution in [0.5, 0.6) is 0 Å². The molecule has 0 amide bonds. The monoisotopic (exact) mass is 217 g/mol. The zero-order valence-corrected chi connectivity index (χ0v) is 8.26. The van der Waals surface area contributed by atoms with Crippen LogP contribution in [0.15, 0.2) is 24.3 Å². The maximum atomic E-state index is 12.7. The summed E-state index contributed by atoms with van der Waals surface area (Å²) in [6, 6.07) is 7.80. The summed E-state index contributed by atoms with van der Waals surface area (Å²) in [5.74, 6) is -0.0835. The maximum Gasteiger partial charge on any atom is 0.206 e. The highest BCUT2D eigenvalue weighted by molar-refractivity contribution is 5.42. The Kier molecular flexibility index (Phi) is 2.52. The van der Waals surface area contributed by atoms with E-state index in [-0.39, 0.29) is 17.3 Å². The van der Waals surface area contributed by atoms with E-state index in [4.69, 9.17) is 11.0 Å². The van der Waals surface area contributed by atoms with E-state index < -0.39 is 0 Å². The molecule has 0 bridgehead atoms. The molecule has 0 saturated heterocycles. The van der Waals surface area contributed by atoms with Crippen molar-refractivity contribution in [2.75, 3.05) is 5.73 Å². The molecule has 1 aromatic carbocycles. The van der Waals surface area contributed by atoms with E-state index >= 15 is 0 Å². The van der Waals surface area contributed by atoms with Crippen LogP contribution in [-0.2, 0) is 6.54 Å². The van der Waals surface area contributed by atoms with E-state index in [1.54, 1.807) is 12.1 Å². The second-order valence-electron chi connectivity index (χ2n) is 3.22. The fourth-order valence-electron chi connectivity index (χ4n) is 1.28. The van der Waals surface area contributed by atoms with Crippen molar-refractivity contribution in [2.24, 2.45) is 0 Å². The topological polar surface area (TPSA) is 80.5 Å². The molecule has 1 heterocycles. The van der Waals surface area contributed by atoms with E-state index in [0.717, 1.165) is 5.56 Å². The van der Waals surface area contributed by atoms with Crippen molar-refractivity contribution in [1.82, 2.24) is 15.0 Å². The molecule has 0 spiro atoms. The van der Waals surface area contributed by atoms with Crippen molar-refractivity contribution < 1.29 is 4.39 Å². The third kappa shape index (κ3) is 1.83. The van der Waals surface area contributed by atoms with Gasteiger partial charge < -0.3 is 5.73 Å². The Morgan fingerprint density at radius 1 is 1.38 bits per heavy atom. The molecule has 0 aliphatic heterocycles. The van der Waals surface area contributed by atoms with E-state index in [2.05, 4.69) is 10.3 Å². The molecule has 0 saturated carbocycles. The largest absolute Gasteiger partial charge is 0.381 e. The summed E-state index contributed by atoms with van der Waals surface area (Å²) >= 11 is 0. The Bertz CT molecular complexity index is 537. The first kappa shape index (κ1) is 10.1. The smallest absolute Gasteiger partial charge is 0.206 e. The number of halogens is 1. The Hall–Kier alpha value is -2.42. The molecule has 0 unspecified atom stereocenters. The fourth-order valence-corrected chi connectivity index (χ4v) is 1.28. The summed E-state index contributed by atoms with van der Waals surface area (Å²) in [6.45, 7) is 0.362. The Morgan fingerprint density at radius 3 is 2.62 bits per heavy atom. The van der Waals surface area contributed by atoms with Gasteiger partial charge in [0.25, 0.3) is 0 Å². The molecule has 1 aromatic heterocycles. The minimum Gasteiger partial charge on any atom is -0.381 e. The summed E-state index contributed by atoms with van der Waals surface area (Å²) < 4.78 is 14.1. The number of aromatic nitrogens is 3. The molecule has 80 valence electrons. The van der Waals surface area contributed by atoms with E-state index in [9.17, 15) is 4.39 Å². The Morgan fingerprint density at radius 2 is 2.06 bits per heavy atom. The molecule has 6 heteroatoms. The summed E-state index contributed by atoms with van der Waals surface area (Å²) in [6.07, 6.45) is 0. The lowest BCUT2D eigenvalue weighted by Crippen LogP contribution is -2.06. The van der Waals surface area contributed by atoms with Gasteiger partial charge in [0.05, 0.1) is 6.54 Å². The number of nitrogens with zero attached hydrogens (tertiary/aromatic N) is 4. The first-order valence-corrected chi connectivity index (χ1v) is 4.54. The minimum absolute atomic E-state index is 0.0992. The number of anilines is 1. The molecule has 0 atom stereocenters. The standard InChI is InChI=1S/C10H8FN5/c11-8-3-1-7(2-4-8)6-16-10(13)9(5-12)14-15-16/h1-4H,6,13H2. The summed E-state index contributed by atoms with van der Waals surface area (Å²) in [5.41, 5.74) is 6.57. The average molecular weight is 217 g/mol. The van der Waals surface area contributed by atoms with Crippen LogP contribution in [0.2, 0.25) is 0 Å². The Labute approximate surface area is 90.9 Å². The van der Waals surface area contributed by atoms with Gasteiger partial charge in [0.15, 0.2) is 5.82 Å². The highest BCUT2D eigenvalue weighted by atomic mass is 19.1. The quantitative estimate of drug-likeness (QED) is 0.811. The molecule has 16 heavy (non-hydrogen) atoms. The van der Waals surface area contributed by atoms with E-state index in [1.807, 2.05) is 6.07 Å². The Balaban J connectivity index is 2.24. The summed E-state index contributed by atoms with van der Waals surface area (Å²) in [4.78, 5) is 0. The number of hydrogen-bond acceptors (Lipinski definition) is 4. The third-order valence-electron chi connectivity index (χ3n) is 2.12. The second kappa shape index (κ2) is 3.98. The predicted octanol–water partition coefficient (Wildman–Crippen LogP) is 0.919. The van der Waals surface area contributed by atoms with Gasteiger partial charge in [-0.25, -0.2) is 9.07 Å². The van der Waals surface area contributed by atoms with Crippen LogP contribution in [0.3, 0.4) is 0 Å². The molecular formula is C10H8FN5. The molecule has 2 aromatic rings. The predicted molar refractivity (Wildman–Crippen MR) is 54.7 cm³/mol.